The highest BCUT2D eigenvalue weighted by Crippen LogP contribution is 2.30. The summed E-state index contributed by atoms with van der Waals surface area (Å²) in [6, 6.07) is 5.09. The van der Waals surface area contributed by atoms with E-state index < -0.39 is 0 Å². The Kier molecular flexibility index (Phi) is 4.36. The van der Waals surface area contributed by atoms with E-state index in [9.17, 15) is 0 Å². The van der Waals surface area contributed by atoms with E-state index in [-0.39, 0.29) is 0 Å². The van der Waals surface area contributed by atoms with Crippen LogP contribution in [0.15, 0.2) is 22.8 Å². The van der Waals surface area contributed by atoms with E-state index in [1.54, 1.807) is 6.26 Å². The average molecular weight is 239 g/mol. The molecule has 0 saturated heterocycles. The molecule has 0 amide bonds. The third-order valence-electron chi connectivity index (χ3n) is 3.47. The van der Waals surface area contributed by atoms with E-state index in [1.165, 1.54) is 19.3 Å². The van der Waals surface area contributed by atoms with Gasteiger partial charge in [0.25, 0.3) is 0 Å². The first-order valence-corrected chi connectivity index (χ1v) is 7.46. The fourth-order valence-corrected chi connectivity index (χ4v) is 3.49. The van der Waals surface area contributed by atoms with Gasteiger partial charge in [-0.15, -0.1) is 0 Å². The topological polar surface area (TPSA) is 25.2 Å². The maximum atomic E-state index is 5.50. The van der Waals surface area contributed by atoms with E-state index in [1.807, 2.05) is 17.8 Å². The second kappa shape index (κ2) is 5.78. The molecule has 16 heavy (non-hydrogen) atoms. The Balaban J connectivity index is 1.96. The van der Waals surface area contributed by atoms with Crippen molar-refractivity contribution in [2.45, 2.75) is 49.9 Å². The molecule has 1 fully saturated rings. The monoisotopic (exact) mass is 239 g/mol. The number of nitrogens with one attached hydrogen (secondary N) is 1. The summed E-state index contributed by atoms with van der Waals surface area (Å²) >= 11 is 2.00. The largest absolute Gasteiger partial charge is 0.468 e. The normalized spacial score (nSPS) is 27.1. The molecule has 0 bridgehead atoms. The minimum absolute atomic E-state index is 0.382. The smallest absolute Gasteiger partial charge is 0.120 e. The highest BCUT2D eigenvalue weighted by molar-refractivity contribution is 7.99. The Labute approximate surface area is 102 Å². The van der Waals surface area contributed by atoms with Crippen LogP contribution in [-0.2, 0) is 0 Å². The lowest BCUT2D eigenvalue weighted by molar-refractivity contribution is 0.367. The second-order valence-corrected chi connectivity index (χ2v) is 5.53. The standard InChI is InChI=1S/C13H21NOS/c1-3-10(12-7-5-9-15-12)14-11-6-4-8-13(11)16-2/h5,7,9-11,13-14H,3-4,6,8H2,1-2H3. The average Bonchev–Trinajstić information content (AvgIpc) is 2.96. The van der Waals surface area contributed by atoms with Crippen molar-refractivity contribution in [3.63, 3.8) is 0 Å². The Morgan fingerprint density at radius 1 is 1.56 bits per heavy atom. The lowest BCUT2D eigenvalue weighted by Crippen LogP contribution is -2.36. The van der Waals surface area contributed by atoms with Gasteiger partial charge in [0.15, 0.2) is 0 Å². The van der Waals surface area contributed by atoms with E-state index >= 15 is 0 Å². The van der Waals surface area contributed by atoms with Crippen molar-refractivity contribution in [1.29, 1.82) is 0 Å². The molecule has 0 spiro atoms. The molecule has 1 aromatic rings. The molecular formula is C13H21NOS. The van der Waals surface area contributed by atoms with Gasteiger partial charge in [0, 0.05) is 11.3 Å². The summed E-state index contributed by atoms with van der Waals surface area (Å²) in [5, 5.41) is 4.54. The van der Waals surface area contributed by atoms with Gasteiger partial charge in [-0.1, -0.05) is 13.3 Å². The zero-order valence-electron chi connectivity index (χ0n) is 10.1. The molecular weight excluding hydrogens is 218 g/mol. The minimum atomic E-state index is 0.382. The molecule has 1 saturated carbocycles. The van der Waals surface area contributed by atoms with Gasteiger partial charge >= 0.3 is 0 Å². The van der Waals surface area contributed by atoms with E-state index in [0.29, 0.717) is 12.1 Å². The van der Waals surface area contributed by atoms with Gasteiger partial charge < -0.3 is 9.73 Å². The summed E-state index contributed by atoms with van der Waals surface area (Å²) in [6.45, 7) is 2.21. The number of thioether (sulfide) groups is 1. The van der Waals surface area contributed by atoms with Crippen LogP contribution in [0.3, 0.4) is 0 Å². The zero-order valence-corrected chi connectivity index (χ0v) is 10.9. The first-order valence-electron chi connectivity index (χ1n) is 6.17. The summed E-state index contributed by atoms with van der Waals surface area (Å²) in [4.78, 5) is 0. The quantitative estimate of drug-likeness (QED) is 0.850. The molecule has 3 heteroatoms. The Morgan fingerprint density at radius 3 is 3.06 bits per heavy atom. The molecule has 2 nitrogen and oxygen atoms in total. The van der Waals surface area contributed by atoms with Gasteiger partial charge in [0.05, 0.1) is 12.3 Å². The minimum Gasteiger partial charge on any atom is -0.468 e. The third-order valence-corrected chi connectivity index (χ3v) is 4.64. The molecule has 0 aliphatic heterocycles. The van der Waals surface area contributed by atoms with Crippen molar-refractivity contribution in [2.75, 3.05) is 6.26 Å². The van der Waals surface area contributed by atoms with Crippen LogP contribution in [0.5, 0.6) is 0 Å². The van der Waals surface area contributed by atoms with Crippen molar-refractivity contribution < 1.29 is 4.42 Å². The van der Waals surface area contributed by atoms with Gasteiger partial charge in [0.1, 0.15) is 5.76 Å². The van der Waals surface area contributed by atoms with Gasteiger partial charge in [-0.05, 0) is 37.7 Å². The molecule has 90 valence electrons. The van der Waals surface area contributed by atoms with Gasteiger partial charge in [0.2, 0.25) is 0 Å². The van der Waals surface area contributed by atoms with Crippen LogP contribution in [0.25, 0.3) is 0 Å². The van der Waals surface area contributed by atoms with E-state index in [2.05, 4.69) is 24.6 Å². The molecule has 2 rings (SSSR count). The van der Waals surface area contributed by atoms with Crippen molar-refractivity contribution in [2.24, 2.45) is 0 Å². The molecule has 1 aliphatic carbocycles. The van der Waals surface area contributed by atoms with Crippen LogP contribution in [-0.4, -0.2) is 17.5 Å². The van der Waals surface area contributed by atoms with Crippen LogP contribution in [0.4, 0.5) is 0 Å². The number of hydrogen-bond donors (Lipinski definition) is 1. The molecule has 1 aromatic heterocycles. The molecule has 1 heterocycles. The highest BCUT2D eigenvalue weighted by Gasteiger charge is 2.28. The van der Waals surface area contributed by atoms with Crippen LogP contribution in [0, 0.1) is 0 Å². The molecule has 0 aromatic carbocycles. The Bertz CT molecular complexity index is 299. The number of furan rings is 1. The first kappa shape index (κ1) is 12.1. The summed E-state index contributed by atoms with van der Waals surface area (Å²) in [6.07, 6.45) is 9.10. The van der Waals surface area contributed by atoms with E-state index in [4.69, 9.17) is 4.42 Å². The molecule has 1 N–H and O–H groups in total. The van der Waals surface area contributed by atoms with Crippen LogP contribution < -0.4 is 5.32 Å². The fourth-order valence-electron chi connectivity index (χ4n) is 2.55. The Hall–Kier alpha value is -0.410. The van der Waals surface area contributed by atoms with Crippen molar-refractivity contribution >= 4 is 11.8 Å². The molecule has 1 aliphatic rings. The predicted molar refractivity (Wildman–Crippen MR) is 69.8 cm³/mol. The highest BCUT2D eigenvalue weighted by atomic mass is 32.2. The fraction of sp³-hybridized carbons (Fsp3) is 0.692. The lowest BCUT2D eigenvalue weighted by Gasteiger charge is -2.24. The zero-order chi connectivity index (χ0) is 11.4. The maximum absolute atomic E-state index is 5.50. The summed E-state index contributed by atoms with van der Waals surface area (Å²) in [5.74, 6) is 1.08. The van der Waals surface area contributed by atoms with Gasteiger partial charge in [-0.25, -0.2) is 0 Å². The predicted octanol–water partition coefficient (Wildman–Crippen LogP) is 3.60. The number of rotatable bonds is 5. The Morgan fingerprint density at radius 2 is 2.44 bits per heavy atom. The van der Waals surface area contributed by atoms with Crippen molar-refractivity contribution in [3.05, 3.63) is 24.2 Å². The van der Waals surface area contributed by atoms with Gasteiger partial charge in [-0.2, -0.15) is 11.8 Å². The number of hydrogen-bond acceptors (Lipinski definition) is 3. The first-order chi connectivity index (χ1) is 7.85. The lowest BCUT2D eigenvalue weighted by atomic mass is 10.1. The summed E-state index contributed by atoms with van der Waals surface area (Å²) in [7, 11) is 0. The molecule has 3 atom stereocenters. The van der Waals surface area contributed by atoms with E-state index in [0.717, 1.165) is 17.4 Å². The van der Waals surface area contributed by atoms with Crippen molar-refractivity contribution in [1.82, 2.24) is 5.32 Å². The molecule has 0 radical (unpaired) electrons. The van der Waals surface area contributed by atoms with Crippen LogP contribution in [0.1, 0.15) is 44.4 Å². The van der Waals surface area contributed by atoms with Crippen LogP contribution in [0.2, 0.25) is 0 Å². The van der Waals surface area contributed by atoms with Gasteiger partial charge in [-0.3, -0.25) is 0 Å². The molecule has 3 unspecified atom stereocenters. The third kappa shape index (κ3) is 2.64. The van der Waals surface area contributed by atoms with Crippen LogP contribution >= 0.6 is 11.8 Å². The summed E-state index contributed by atoms with van der Waals surface area (Å²) < 4.78 is 5.50. The summed E-state index contributed by atoms with van der Waals surface area (Å²) in [5.41, 5.74) is 0. The second-order valence-electron chi connectivity index (χ2n) is 4.45. The SMILES string of the molecule is CCC(NC1CCCC1SC)c1ccco1. The maximum Gasteiger partial charge on any atom is 0.120 e. The van der Waals surface area contributed by atoms with Crippen molar-refractivity contribution in [3.8, 4) is 0 Å².